The van der Waals surface area contributed by atoms with Gasteiger partial charge in [0.25, 0.3) is 0 Å². The van der Waals surface area contributed by atoms with E-state index in [9.17, 15) is 4.79 Å². The molecule has 14 heavy (non-hydrogen) atoms. The molecule has 1 amide bonds. The highest BCUT2D eigenvalue weighted by Gasteiger charge is 2.14. The van der Waals surface area contributed by atoms with E-state index < -0.39 is 0 Å². The number of nitrogen functional groups attached to an aromatic ring is 1. The van der Waals surface area contributed by atoms with E-state index >= 15 is 0 Å². The van der Waals surface area contributed by atoms with E-state index in [0.717, 1.165) is 5.69 Å². The topological polar surface area (TPSA) is 46.3 Å². The summed E-state index contributed by atoms with van der Waals surface area (Å²) in [7, 11) is 1.76. The minimum absolute atomic E-state index is 0.00132. The van der Waals surface area contributed by atoms with Crippen molar-refractivity contribution in [2.75, 3.05) is 17.7 Å². The Morgan fingerprint density at radius 3 is 2.57 bits per heavy atom. The molecule has 0 radical (unpaired) electrons. The van der Waals surface area contributed by atoms with Gasteiger partial charge in [-0.2, -0.15) is 0 Å². The smallest absolute Gasteiger partial charge is 0.229 e. The van der Waals surface area contributed by atoms with Crippen LogP contribution in [0.25, 0.3) is 0 Å². The largest absolute Gasteiger partial charge is 0.399 e. The van der Waals surface area contributed by atoms with Crippen molar-refractivity contribution < 1.29 is 4.79 Å². The zero-order valence-electron chi connectivity index (χ0n) is 8.82. The Bertz CT molecular complexity index is 334. The van der Waals surface area contributed by atoms with Crippen molar-refractivity contribution in [3.8, 4) is 0 Å². The maximum absolute atomic E-state index is 11.6. The number of rotatable bonds is 2. The summed E-state index contributed by atoms with van der Waals surface area (Å²) in [6.07, 6.45) is 0. The van der Waals surface area contributed by atoms with Gasteiger partial charge in [0.05, 0.1) is 0 Å². The highest BCUT2D eigenvalue weighted by molar-refractivity contribution is 5.94. The second kappa shape index (κ2) is 4.13. The fourth-order valence-electron chi connectivity index (χ4n) is 1.25. The van der Waals surface area contributed by atoms with Crippen molar-refractivity contribution in [1.29, 1.82) is 0 Å². The summed E-state index contributed by atoms with van der Waals surface area (Å²) in [5, 5.41) is 0. The van der Waals surface area contributed by atoms with Crippen LogP contribution in [-0.2, 0) is 4.79 Å². The fourth-order valence-corrected chi connectivity index (χ4v) is 1.25. The van der Waals surface area contributed by atoms with Crippen molar-refractivity contribution in [2.45, 2.75) is 13.8 Å². The fraction of sp³-hybridized carbons (Fsp3) is 0.364. The van der Waals surface area contributed by atoms with Crippen LogP contribution >= 0.6 is 0 Å². The van der Waals surface area contributed by atoms with Crippen LogP contribution in [0.4, 0.5) is 11.4 Å². The minimum atomic E-state index is 0.00132. The Labute approximate surface area is 84.5 Å². The lowest BCUT2D eigenvalue weighted by molar-refractivity contribution is -0.121. The van der Waals surface area contributed by atoms with Crippen molar-refractivity contribution in [1.82, 2.24) is 0 Å². The first-order chi connectivity index (χ1) is 6.52. The van der Waals surface area contributed by atoms with Gasteiger partial charge >= 0.3 is 0 Å². The van der Waals surface area contributed by atoms with Crippen LogP contribution in [0.5, 0.6) is 0 Å². The molecule has 0 aliphatic rings. The number of nitrogens with zero attached hydrogens (tertiary/aromatic N) is 1. The average Bonchev–Trinajstić information content (AvgIpc) is 2.15. The van der Waals surface area contributed by atoms with E-state index in [4.69, 9.17) is 5.73 Å². The summed E-state index contributed by atoms with van der Waals surface area (Å²) in [5.41, 5.74) is 7.14. The molecule has 2 N–H and O–H groups in total. The molecule has 0 heterocycles. The molecule has 0 unspecified atom stereocenters. The zero-order chi connectivity index (χ0) is 10.7. The third-order valence-corrected chi connectivity index (χ3v) is 2.08. The Kier molecular flexibility index (Phi) is 3.12. The van der Waals surface area contributed by atoms with Crippen molar-refractivity contribution in [3.63, 3.8) is 0 Å². The first-order valence-corrected chi connectivity index (χ1v) is 4.65. The summed E-state index contributed by atoms with van der Waals surface area (Å²) < 4.78 is 0. The predicted molar refractivity (Wildman–Crippen MR) is 59.1 cm³/mol. The van der Waals surface area contributed by atoms with Crippen molar-refractivity contribution in [2.24, 2.45) is 5.92 Å². The molecular formula is C11H16N2O. The van der Waals surface area contributed by atoms with Gasteiger partial charge in [0.15, 0.2) is 0 Å². The van der Waals surface area contributed by atoms with Crippen LogP contribution in [0.15, 0.2) is 24.3 Å². The number of anilines is 2. The summed E-state index contributed by atoms with van der Waals surface area (Å²) in [6.45, 7) is 3.76. The van der Waals surface area contributed by atoms with Gasteiger partial charge in [-0.25, -0.2) is 0 Å². The van der Waals surface area contributed by atoms with Crippen LogP contribution < -0.4 is 10.6 Å². The Morgan fingerprint density at radius 2 is 2.07 bits per heavy atom. The summed E-state index contributed by atoms with van der Waals surface area (Å²) in [6, 6.07) is 7.31. The van der Waals surface area contributed by atoms with E-state index in [-0.39, 0.29) is 11.8 Å². The molecule has 0 aliphatic carbocycles. The SMILES string of the molecule is CC(C)C(=O)N(C)c1cccc(N)c1. The summed E-state index contributed by atoms with van der Waals surface area (Å²) >= 11 is 0. The summed E-state index contributed by atoms with van der Waals surface area (Å²) in [4.78, 5) is 13.3. The number of hydrogen-bond donors (Lipinski definition) is 1. The molecular weight excluding hydrogens is 176 g/mol. The number of amides is 1. The monoisotopic (exact) mass is 192 g/mol. The molecule has 0 bridgehead atoms. The van der Waals surface area contributed by atoms with Crippen molar-refractivity contribution >= 4 is 17.3 Å². The molecule has 0 aromatic heterocycles. The molecule has 1 aromatic rings. The Balaban J connectivity index is 2.89. The second-order valence-corrected chi connectivity index (χ2v) is 3.65. The second-order valence-electron chi connectivity index (χ2n) is 3.65. The van der Waals surface area contributed by atoms with Gasteiger partial charge in [0.2, 0.25) is 5.91 Å². The number of carbonyl (C=O) groups excluding carboxylic acids is 1. The first kappa shape index (κ1) is 10.6. The van der Waals surface area contributed by atoms with Crippen LogP contribution in [-0.4, -0.2) is 13.0 Å². The van der Waals surface area contributed by atoms with Crippen LogP contribution in [0.1, 0.15) is 13.8 Å². The first-order valence-electron chi connectivity index (χ1n) is 4.65. The molecule has 0 aliphatic heterocycles. The van der Waals surface area contributed by atoms with Gasteiger partial charge in [-0.15, -0.1) is 0 Å². The van der Waals surface area contributed by atoms with Gasteiger partial charge in [-0.05, 0) is 18.2 Å². The standard InChI is InChI=1S/C11H16N2O/c1-8(2)11(14)13(3)10-6-4-5-9(12)7-10/h4-8H,12H2,1-3H3. The molecule has 76 valence electrons. The van der Waals surface area contributed by atoms with Gasteiger partial charge in [0, 0.05) is 24.3 Å². The van der Waals surface area contributed by atoms with Crippen molar-refractivity contribution in [3.05, 3.63) is 24.3 Å². The Morgan fingerprint density at radius 1 is 1.43 bits per heavy atom. The van der Waals surface area contributed by atoms with E-state index in [1.807, 2.05) is 26.0 Å². The lowest BCUT2D eigenvalue weighted by Gasteiger charge is -2.19. The third-order valence-electron chi connectivity index (χ3n) is 2.08. The average molecular weight is 192 g/mol. The molecule has 0 spiro atoms. The molecule has 0 saturated carbocycles. The lowest BCUT2D eigenvalue weighted by atomic mass is 10.2. The molecule has 1 rings (SSSR count). The number of carbonyl (C=O) groups is 1. The minimum Gasteiger partial charge on any atom is -0.399 e. The number of hydrogen-bond acceptors (Lipinski definition) is 2. The number of benzene rings is 1. The molecule has 1 aromatic carbocycles. The maximum atomic E-state index is 11.6. The molecule has 0 saturated heterocycles. The van der Waals surface area contributed by atoms with Gasteiger partial charge in [-0.1, -0.05) is 19.9 Å². The van der Waals surface area contributed by atoms with E-state index in [2.05, 4.69) is 0 Å². The van der Waals surface area contributed by atoms with E-state index in [0.29, 0.717) is 5.69 Å². The highest BCUT2D eigenvalue weighted by atomic mass is 16.2. The van der Waals surface area contributed by atoms with E-state index in [1.165, 1.54) is 0 Å². The quantitative estimate of drug-likeness (QED) is 0.727. The zero-order valence-corrected chi connectivity index (χ0v) is 8.82. The molecule has 0 fully saturated rings. The van der Waals surface area contributed by atoms with Gasteiger partial charge in [-0.3, -0.25) is 4.79 Å². The predicted octanol–water partition coefficient (Wildman–Crippen LogP) is 1.89. The molecule has 3 nitrogen and oxygen atoms in total. The third kappa shape index (κ3) is 2.25. The summed E-state index contributed by atoms with van der Waals surface area (Å²) in [5.74, 6) is 0.0945. The Hall–Kier alpha value is -1.51. The lowest BCUT2D eigenvalue weighted by Crippen LogP contribution is -2.30. The molecule has 0 atom stereocenters. The molecule has 3 heteroatoms. The normalized spacial score (nSPS) is 10.3. The maximum Gasteiger partial charge on any atom is 0.229 e. The van der Waals surface area contributed by atoms with Crippen LogP contribution in [0.3, 0.4) is 0 Å². The number of nitrogens with two attached hydrogens (primary N) is 1. The van der Waals surface area contributed by atoms with Gasteiger partial charge in [0.1, 0.15) is 0 Å². The van der Waals surface area contributed by atoms with E-state index in [1.54, 1.807) is 24.1 Å². The van der Waals surface area contributed by atoms with Gasteiger partial charge < -0.3 is 10.6 Å². The van der Waals surface area contributed by atoms with Crippen LogP contribution in [0, 0.1) is 5.92 Å². The van der Waals surface area contributed by atoms with Crippen LogP contribution in [0.2, 0.25) is 0 Å². The highest BCUT2D eigenvalue weighted by Crippen LogP contribution is 2.17.